The van der Waals surface area contributed by atoms with Crippen LogP contribution in [-0.2, 0) is 0 Å². The first kappa shape index (κ1) is 12.0. The number of aromatic carboxylic acids is 1. The lowest BCUT2D eigenvalue weighted by molar-refractivity contribution is 0.0663. The number of nitrogens with zero attached hydrogens (tertiary/aromatic N) is 2. The number of furan rings is 1. The monoisotopic (exact) mass is 238 g/mol. The number of carboxylic acids is 1. The van der Waals surface area contributed by atoms with E-state index in [1.165, 1.54) is 12.5 Å². The molecule has 17 heavy (non-hydrogen) atoms. The molecule has 0 aliphatic carbocycles. The van der Waals surface area contributed by atoms with Crippen molar-refractivity contribution in [2.45, 2.75) is 18.9 Å². The van der Waals surface area contributed by atoms with Crippen LogP contribution in [0.25, 0.3) is 0 Å². The molecule has 1 atom stereocenters. The van der Waals surface area contributed by atoms with Gasteiger partial charge < -0.3 is 19.3 Å². The molecule has 2 heterocycles. The van der Waals surface area contributed by atoms with Gasteiger partial charge in [-0.25, -0.2) is 4.79 Å². The minimum absolute atomic E-state index is 0.00646. The Labute approximate surface area is 101 Å². The van der Waals surface area contributed by atoms with Crippen LogP contribution in [0.1, 0.15) is 23.4 Å². The number of piperidine rings is 1. The van der Waals surface area contributed by atoms with Crippen molar-refractivity contribution in [3.63, 3.8) is 0 Å². The number of anilines is 1. The Morgan fingerprint density at radius 2 is 2.29 bits per heavy atom. The van der Waals surface area contributed by atoms with Crippen molar-refractivity contribution in [1.82, 2.24) is 4.90 Å². The lowest BCUT2D eigenvalue weighted by Crippen LogP contribution is -2.45. The van der Waals surface area contributed by atoms with Gasteiger partial charge in [-0.3, -0.25) is 0 Å². The maximum absolute atomic E-state index is 10.7. The van der Waals surface area contributed by atoms with E-state index in [4.69, 9.17) is 9.52 Å². The van der Waals surface area contributed by atoms with Crippen LogP contribution in [0.3, 0.4) is 0 Å². The second-order valence-corrected chi connectivity index (χ2v) is 4.65. The van der Waals surface area contributed by atoms with Crippen molar-refractivity contribution < 1.29 is 14.3 Å². The van der Waals surface area contributed by atoms with Crippen LogP contribution >= 0.6 is 0 Å². The van der Waals surface area contributed by atoms with E-state index in [0.717, 1.165) is 19.5 Å². The van der Waals surface area contributed by atoms with Crippen molar-refractivity contribution in [2.24, 2.45) is 0 Å². The van der Waals surface area contributed by atoms with Gasteiger partial charge in [0.2, 0.25) is 5.76 Å². The highest BCUT2D eigenvalue weighted by molar-refractivity contribution is 5.84. The third-order valence-electron chi connectivity index (χ3n) is 3.24. The fourth-order valence-corrected chi connectivity index (χ4v) is 2.19. The van der Waals surface area contributed by atoms with Gasteiger partial charge in [0, 0.05) is 25.2 Å². The van der Waals surface area contributed by atoms with E-state index < -0.39 is 5.97 Å². The van der Waals surface area contributed by atoms with Crippen molar-refractivity contribution >= 4 is 11.9 Å². The average molecular weight is 238 g/mol. The standard InChI is InChI=1S/C12H18N2O3/c1-13(2)9-4-3-7-14(8-9)11-6-5-10(17-11)12(15)16/h5-6,9H,3-4,7-8H2,1-2H3,(H,15,16). The molecular formula is C12H18N2O3. The number of hydrogen-bond acceptors (Lipinski definition) is 4. The summed E-state index contributed by atoms with van der Waals surface area (Å²) in [5.74, 6) is -0.349. The zero-order chi connectivity index (χ0) is 12.4. The zero-order valence-corrected chi connectivity index (χ0v) is 10.2. The van der Waals surface area contributed by atoms with Crippen LogP contribution in [0.2, 0.25) is 0 Å². The van der Waals surface area contributed by atoms with Crippen molar-refractivity contribution in [3.8, 4) is 0 Å². The smallest absolute Gasteiger partial charge is 0.371 e. The summed E-state index contributed by atoms with van der Waals surface area (Å²) >= 11 is 0. The Balaban J connectivity index is 2.08. The van der Waals surface area contributed by atoms with E-state index in [1.54, 1.807) is 6.07 Å². The van der Waals surface area contributed by atoms with Gasteiger partial charge in [0.1, 0.15) is 0 Å². The third kappa shape index (κ3) is 2.61. The zero-order valence-electron chi connectivity index (χ0n) is 10.2. The molecule has 1 aliphatic heterocycles. The van der Waals surface area contributed by atoms with Gasteiger partial charge in [0.15, 0.2) is 5.88 Å². The molecule has 5 nitrogen and oxygen atoms in total. The molecule has 5 heteroatoms. The Morgan fingerprint density at radius 3 is 2.88 bits per heavy atom. The predicted octanol–water partition coefficient (Wildman–Crippen LogP) is 1.51. The third-order valence-corrected chi connectivity index (χ3v) is 3.24. The molecule has 1 aromatic heterocycles. The summed E-state index contributed by atoms with van der Waals surface area (Å²) < 4.78 is 5.32. The van der Waals surface area contributed by atoms with E-state index in [0.29, 0.717) is 11.9 Å². The summed E-state index contributed by atoms with van der Waals surface area (Å²) in [7, 11) is 4.14. The number of rotatable bonds is 3. The SMILES string of the molecule is CN(C)C1CCCN(c2ccc(C(=O)O)o2)C1. The number of carbonyl (C=O) groups is 1. The second-order valence-electron chi connectivity index (χ2n) is 4.65. The van der Waals surface area contributed by atoms with Gasteiger partial charge in [-0.1, -0.05) is 0 Å². The molecule has 1 saturated heterocycles. The summed E-state index contributed by atoms with van der Waals surface area (Å²) in [6.07, 6.45) is 2.28. The minimum atomic E-state index is -1.02. The summed E-state index contributed by atoms with van der Waals surface area (Å²) in [4.78, 5) is 15.1. The van der Waals surface area contributed by atoms with Crippen LogP contribution in [-0.4, -0.2) is 49.2 Å². The van der Waals surface area contributed by atoms with Gasteiger partial charge in [0.25, 0.3) is 0 Å². The molecule has 0 aromatic carbocycles. The summed E-state index contributed by atoms with van der Waals surface area (Å²) in [6, 6.07) is 3.75. The maximum atomic E-state index is 10.7. The van der Waals surface area contributed by atoms with E-state index in [1.807, 2.05) is 0 Å². The van der Waals surface area contributed by atoms with Crippen molar-refractivity contribution in [3.05, 3.63) is 17.9 Å². The molecule has 0 bridgehead atoms. The first-order valence-corrected chi connectivity index (χ1v) is 5.82. The molecule has 1 unspecified atom stereocenters. The van der Waals surface area contributed by atoms with Gasteiger partial charge in [-0.15, -0.1) is 0 Å². The highest BCUT2D eigenvalue weighted by Crippen LogP contribution is 2.23. The molecule has 0 spiro atoms. The topological polar surface area (TPSA) is 56.9 Å². The van der Waals surface area contributed by atoms with E-state index in [2.05, 4.69) is 23.9 Å². The van der Waals surface area contributed by atoms with Gasteiger partial charge in [-0.2, -0.15) is 0 Å². The Hall–Kier alpha value is -1.49. The lowest BCUT2D eigenvalue weighted by atomic mass is 10.1. The van der Waals surface area contributed by atoms with Gasteiger partial charge in [0.05, 0.1) is 0 Å². The van der Waals surface area contributed by atoms with Crippen molar-refractivity contribution in [1.29, 1.82) is 0 Å². The largest absolute Gasteiger partial charge is 0.475 e. The fourth-order valence-electron chi connectivity index (χ4n) is 2.19. The highest BCUT2D eigenvalue weighted by atomic mass is 16.4. The second kappa shape index (κ2) is 4.79. The summed E-state index contributed by atoms with van der Waals surface area (Å²) in [5, 5.41) is 8.82. The molecule has 1 aliphatic rings. The minimum Gasteiger partial charge on any atom is -0.475 e. The predicted molar refractivity (Wildman–Crippen MR) is 64.6 cm³/mol. The molecule has 0 radical (unpaired) electrons. The number of carboxylic acid groups (broad SMARTS) is 1. The van der Waals surface area contributed by atoms with E-state index >= 15 is 0 Å². The van der Waals surface area contributed by atoms with Crippen LogP contribution in [0.5, 0.6) is 0 Å². The van der Waals surface area contributed by atoms with Gasteiger partial charge in [-0.05, 0) is 33.0 Å². The Morgan fingerprint density at radius 1 is 1.53 bits per heavy atom. The van der Waals surface area contributed by atoms with Crippen LogP contribution in [0, 0.1) is 0 Å². The van der Waals surface area contributed by atoms with Crippen LogP contribution in [0.15, 0.2) is 16.5 Å². The van der Waals surface area contributed by atoms with E-state index in [-0.39, 0.29) is 5.76 Å². The summed E-state index contributed by atoms with van der Waals surface area (Å²) in [6.45, 7) is 1.82. The first-order valence-electron chi connectivity index (χ1n) is 5.82. The number of likely N-dealkylation sites (N-methyl/N-ethyl adjacent to an activating group) is 1. The first-order chi connectivity index (χ1) is 8.08. The van der Waals surface area contributed by atoms with Crippen LogP contribution < -0.4 is 4.90 Å². The highest BCUT2D eigenvalue weighted by Gasteiger charge is 2.23. The molecule has 0 amide bonds. The number of hydrogen-bond donors (Lipinski definition) is 1. The van der Waals surface area contributed by atoms with Gasteiger partial charge >= 0.3 is 5.97 Å². The summed E-state index contributed by atoms with van der Waals surface area (Å²) in [5.41, 5.74) is 0. The molecule has 1 aromatic rings. The lowest BCUT2D eigenvalue weighted by Gasteiger charge is -2.35. The molecule has 1 fully saturated rings. The average Bonchev–Trinajstić information content (AvgIpc) is 2.78. The van der Waals surface area contributed by atoms with Crippen LogP contribution in [0.4, 0.5) is 5.88 Å². The normalized spacial score (nSPS) is 20.9. The Kier molecular flexibility index (Phi) is 3.38. The molecule has 94 valence electrons. The Bertz CT molecular complexity index is 400. The quantitative estimate of drug-likeness (QED) is 0.865. The fraction of sp³-hybridized carbons (Fsp3) is 0.583. The molecular weight excluding hydrogens is 220 g/mol. The molecule has 0 saturated carbocycles. The molecule has 1 N–H and O–H groups in total. The van der Waals surface area contributed by atoms with E-state index in [9.17, 15) is 4.79 Å². The molecule has 2 rings (SSSR count). The maximum Gasteiger partial charge on any atom is 0.371 e. The van der Waals surface area contributed by atoms with Crippen molar-refractivity contribution in [2.75, 3.05) is 32.1 Å².